The Balaban J connectivity index is 1.73. The van der Waals surface area contributed by atoms with Gasteiger partial charge in [0, 0.05) is 23.9 Å². The lowest BCUT2D eigenvalue weighted by Gasteiger charge is -2.14. The maximum atomic E-state index is 12.5. The Morgan fingerprint density at radius 1 is 1.23 bits per heavy atom. The molecule has 2 heterocycles. The zero-order valence-electron chi connectivity index (χ0n) is 15.1. The van der Waals surface area contributed by atoms with Gasteiger partial charge < -0.3 is 11.1 Å². The van der Waals surface area contributed by atoms with Crippen molar-refractivity contribution in [2.45, 2.75) is 33.4 Å². The fraction of sp³-hybridized carbons (Fsp3) is 0.263. The maximum Gasteiger partial charge on any atom is 0.251 e. The highest BCUT2D eigenvalue weighted by molar-refractivity contribution is 5.94. The van der Waals surface area contributed by atoms with E-state index in [1.165, 1.54) is 6.33 Å². The normalized spacial score (nSPS) is 12.0. The van der Waals surface area contributed by atoms with Crippen molar-refractivity contribution in [1.82, 2.24) is 25.1 Å². The number of benzene rings is 1. The monoisotopic (exact) mass is 350 g/mol. The Morgan fingerprint density at radius 2 is 1.96 bits per heavy atom. The standard InChI is InChI=1S/C19H22N6O/c1-4-25-18(22-11-23-25)13(3)24-19(26)15-7-5-14(6-8-15)16-9-12(2)17(20)21-10-16/h5-11,13H,4H2,1-3H3,(H2,20,21)(H,24,26)/t13-/m0/s1. The Morgan fingerprint density at radius 3 is 2.62 bits per heavy atom. The number of nitrogens with two attached hydrogens (primary N) is 1. The highest BCUT2D eigenvalue weighted by Crippen LogP contribution is 2.22. The number of nitrogen functional groups attached to an aromatic ring is 1. The number of aromatic nitrogens is 4. The number of hydrogen-bond donors (Lipinski definition) is 2. The van der Waals surface area contributed by atoms with E-state index in [0.29, 0.717) is 17.9 Å². The number of nitrogens with zero attached hydrogens (tertiary/aromatic N) is 4. The molecule has 0 aliphatic heterocycles. The number of pyridine rings is 1. The third kappa shape index (κ3) is 3.56. The van der Waals surface area contributed by atoms with Gasteiger partial charge in [0.25, 0.3) is 5.91 Å². The van der Waals surface area contributed by atoms with Crippen LogP contribution in [0.15, 0.2) is 42.9 Å². The van der Waals surface area contributed by atoms with E-state index in [1.807, 2.05) is 39.0 Å². The summed E-state index contributed by atoms with van der Waals surface area (Å²) in [6, 6.07) is 9.16. The number of rotatable bonds is 5. The molecule has 0 aliphatic rings. The SMILES string of the molecule is CCn1ncnc1[C@H](C)NC(=O)c1ccc(-c2cnc(N)c(C)c2)cc1. The highest BCUT2D eigenvalue weighted by Gasteiger charge is 2.16. The fourth-order valence-corrected chi connectivity index (χ4v) is 2.75. The van der Waals surface area contributed by atoms with E-state index in [1.54, 1.807) is 23.0 Å². The molecule has 3 N–H and O–H groups in total. The van der Waals surface area contributed by atoms with Gasteiger partial charge in [0.1, 0.15) is 18.0 Å². The van der Waals surface area contributed by atoms with Crippen molar-refractivity contribution in [2.75, 3.05) is 5.73 Å². The van der Waals surface area contributed by atoms with Crippen molar-refractivity contribution < 1.29 is 4.79 Å². The molecular weight excluding hydrogens is 328 g/mol. The van der Waals surface area contributed by atoms with Gasteiger partial charge in [-0.25, -0.2) is 14.6 Å². The summed E-state index contributed by atoms with van der Waals surface area (Å²) in [7, 11) is 0. The van der Waals surface area contributed by atoms with Crippen LogP contribution in [0.1, 0.15) is 41.6 Å². The van der Waals surface area contributed by atoms with Crippen molar-refractivity contribution in [3.8, 4) is 11.1 Å². The molecule has 1 atom stereocenters. The average molecular weight is 350 g/mol. The second-order valence-electron chi connectivity index (χ2n) is 6.13. The molecule has 1 amide bonds. The number of amides is 1. The van der Waals surface area contributed by atoms with Gasteiger partial charge >= 0.3 is 0 Å². The highest BCUT2D eigenvalue weighted by atomic mass is 16.1. The molecule has 0 spiro atoms. The Labute approximate surface area is 152 Å². The summed E-state index contributed by atoms with van der Waals surface area (Å²) < 4.78 is 1.77. The van der Waals surface area contributed by atoms with Crippen LogP contribution in [-0.4, -0.2) is 25.7 Å². The van der Waals surface area contributed by atoms with Crippen molar-refractivity contribution in [1.29, 1.82) is 0 Å². The van der Waals surface area contributed by atoms with E-state index in [-0.39, 0.29) is 11.9 Å². The molecular formula is C19H22N6O. The van der Waals surface area contributed by atoms with Crippen LogP contribution in [0.25, 0.3) is 11.1 Å². The molecule has 0 radical (unpaired) electrons. The molecule has 3 aromatic rings. The Hall–Kier alpha value is -3.22. The van der Waals surface area contributed by atoms with Gasteiger partial charge in [-0.05, 0) is 50.1 Å². The molecule has 0 saturated heterocycles. The first kappa shape index (κ1) is 17.6. The molecule has 7 heteroatoms. The second-order valence-corrected chi connectivity index (χ2v) is 6.13. The van der Waals surface area contributed by atoms with Gasteiger partial charge in [-0.2, -0.15) is 5.10 Å². The van der Waals surface area contributed by atoms with Crippen LogP contribution in [0.5, 0.6) is 0 Å². The lowest BCUT2D eigenvalue weighted by atomic mass is 10.0. The smallest absolute Gasteiger partial charge is 0.251 e. The van der Waals surface area contributed by atoms with Crippen molar-refractivity contribution >= 4 is 11.7 Å². The molecule has 1 aromatic carbocycles. The van der Waals surface area contributed by atoms with Crippen molar-refractivity contribution in [2.24, 2.45) is 0 Å². The van der Waals surface area contributed by atoms with Gasteiger partial charge in [-0.3, -0.25) is 4.79 Å². The predicted molar refractivity (Wildman–Crippen MR) is 100 cm³/mol. The largest absolute Gasteiger partial charge is 0.383 e. The van der Waals surface area contributed by atoms with E-state index < -0.39 is 0 Å². The first-order valence-electron chi connectivity index (χ1n) is 8.50. The second kappa shape index (κ2) is 7.35. The van der Waals surface area contributed by atoms with Crippen LogP contribution in [0.4, 0.5) is 5.82 Å². The lowest BCUT2D eigenvalue weighted by molar-refractivity contribution is 0.0937. The molecule has 0 bridgehead atoms. The summed E-state index contributed by atoms with van der Waals surface area (Å²) in [4.78, 5) is 20.9. The summed E-state index contributed by atoms with van der Waals surface area (Å²) in [5, 5.41) is 7.09. The third-order valence-corrected chi connectivity index (χ3v) is 4.28. The fourth-order valence-electron chi connectivity index (χ4n) is 2.75. The molecule has 2 aromatic heterocycles. The van der Waals surface area contributed by atoms with E-state index in [0.717, 1.165) is 22.5 Å². The minimum Gasteiger partial charge on any atom is -0.383 e. The minimum absolute atomic E-state index is 0.152. The quantitative estimate of drug-likeness (QED) is 0.737. The molecule has 3 rings (SSSR count). The van der Waals surface area contributed by atoms with Crippen LogP contribution >= 0.6 is 0 Å². The van der Waals surface area contributed by atoms with E-state index in [4.69, 9.17) is 5.73 Å². The number of carbonyl (C=O) groups is 1. The van der Waals surface area contributed by atoms with Gasteiger partial charge in [-0.1, -0.05) is 12.1 Å². The van der Waals surface area contributed by atoms with E-state index in [9.17, 15) is 4.79 Å². The predicted octanol–water partition coefficient (Wildman–Crippen LogP) is 2.74. The minimum atomic E-state index is -0.228. The summed E-state index contributed by atoms with van der Waals surface area (Å²) in [6.45, 7) is 6.51. The Bertz CT molecular complexity index is 916. The van der Waals surface area contributed by atoms with Crippen molar-refractivity contribution in [3.05, 3.63) is 59.8 Å². The van der Waals surface area contributed by atoms with Crippen LogP contribution in [0.2, 0.25) is 0 Å². The summed E-state index contributed by atoms with van der Waals surface area (Å²) >= 11 is 0. The lowest BCUT2D eigenvalue weighted by Crippen LogP contribution is -2.28. The molecule has 7 nitrogen and oxygen atoms in total. The molecule has 0 saturated carbocycles. The zero-order valence-corrected chi connectivity index (χ0v) is 15.1. The topological polar surface area (TPSA) is 98.7 Å². The molecule has 26 heavy (non-hydrogen) atoms. The first-order valence-corrected chi connectivity index (χ1v) is 8.50. The van der Waals surface area contributed by atoms with Gasteiger partial charge in [0.15, 0.2) is 0 Å². The molecule has 0 aliphatic carbocycles. The van der Waals surface area contributed by atoms with E-state index in [2.05, 4.69) is 20.4 Å². The summed E-state index contributed by atoms with van der Waals surface area (Å²) in [5.41, 5.74) is 9.23. The Kier molecular flexibility index (Phi) is 4.97. The van der Waals surface area contributed by atoms with Gasteiger partial charge in [0.2, 0.25) is 0 Å². The maximum absolute atomic E-state index is 12.5. The van der Waals surface area contributed by atoms with Crippen molar-refractivity contribution in [3.63, 3.8) is 0 Å². The van der Waals surface area contributed by atoms with E-state index >= 15 is 0 Å². The zero-order chi connectivity index (χ0) is 18.7. The van der Waals surface area contributed by atoms with Gasteiger partial charge in [-0.15, -0.1) is 0 Å². The first-order chi connectivity index (χ1) is 12.5. The van der Waals surface area contributed by atoms with Crippen LogP contribution in [0, 0.1) is 6.92 Å². The number of hydrogen-bond acceptors (Lipinski definition) is 5. The third-order valence-electron chi connectivity index (χ3n) is 4.28. The summed E-state index contributed by atoms with van der Waals surface area (Å²) in [6.07, 6.45) is 3.23. The number of anilines is 1. The number of aryl methyl sites for hydroxylation is 2. The number of nitrogens with one attached hydrogen (secondary N) is 1. The number of carbonyl (C=O) groups excluding carboxylic acids is 1. The molecule has 0 fully saturated rings. The summed E-state index contributed by atoms with van der Waals surface area (Å²) in [5.74, 6) is 1.11. The van der Waals surface area contributed by atoms with Crippen LogP contribution < -0.4 is 11.1 Å². The van der Waals surface area contributed by atoms with Crippen LogP contribution in [-0.2, 0) is 6.54 Å². The van der Waals surface area contributed by atoms with Gasteiger partial charge in [0.05, 0.1) is 6.04 Å². The average Bonchev–Trinajstić information content (AvgIpc) is 3.13. The molecule has 0 unspecified atom stereocenters. The van der Waals surface area contributed by atoms with Crippen LogP contribution in [0.3, 0.4) is 0 Å². The molecule has 134 valence electrons.